The van der Waals surface area contributed by atoms with E-state index in [2.05, 4.69) is 10.4 Å². The van der Waals surface area contributed by atoms with Crippen LogP contribution < -0.4 is 16.9 Å². The first-order valence-corrected chi connectivity index (χ1v) is 7.01. The molecule has 0 radical (unpaired) electrons. The third-order valence-corrected chi connectivity index (χ3v) is 3.71. The summed E-state index contributed by atoms with van der Waals surface area (Å²) in [7, 11) is 0. The van der Waals surface area contributed by atoms with E-state index in [1.807, 2.05) is 30.3 Å². The van der Waals surface area contributed by atoms with Crippen molar-refractivity contribution >= 4 is 5.84 Å². The maximum atomic E-state index is 12.5. The molecule has 0 amide bonds. The minimum absolute atomic E-state index is 0.243. The van der Waals surface area contributed by atoms with Crippen molar-refractivity contribution in [3.05, 3.63) is 35.9 Å². The van der Waals surface area contributed by atoms with Crippen LogP contribution in [0.15, 0.2) is 35.4 Å². The number of hydrogen-bond acceptors (Lipinski definition) is 4. The van der Waals surface area contributed by atoms with E-state index >= 15 is 0 Å². The van der Waals surface area contributed by atoms with Crippen LogP contribution in [0.1, 0.15) is 24.4 Å². The summed E-state index contributed by atoms with van der Waals surface area (Å²) >= 11 is 0. The Labute approximate surface area is 123 Å². The summed E-state index contributed by atoms with van der Waals surface area (Å²) in [6.45, 7) is 1.77. The molecular formula is C14H21F2N5. The van der Waals surface area contributed by atoms with E-state index < -0.39 is 12.3 Å². The van der Waals surface area contributed by atoms with Crippen molar-refractivity contribution in [3.63, 3.8) is 0 Å². The first-order valence-electron chi connectivity index (χ1n) is 7.01. The number of rotatable bonds is 5. The molecule has 116 valence electrons. The fraction of sp³-hybridized carbons (Fsp3) is 0.500. The van der Waals surface area contributed by atoms with E-state index in [0.717, 1.165) is 36.6 Å². The Bertz CT molecular complexity index is 460. The van der Waals surface area contributed by atoms with Gasteiger partial charge in [0.25, 0.3) is 6.43 Å². The number of hydrazine groups is 1. The predicted octanol–water partition coefficient (Wildman–Crippen LogP) is 1.44. The van der Waals surface area contributed by atoms with Gasteiger partial charge in [-0.2, -0.15) is 0 Å². The monoisotopic (exact) mass is 297 g/mol. The molecule has 1 aromatic rings. The minimum atomic E-state index is -2.81. The molecule has 1 aliphatic heterocycles. The molecule has 7 heteroatoms. The summed E-state index contributed by atoms with van der Waals surface area (Å²) in [6, 6.07) is 9.31. The van der Waals surface area contributed by atoms with Gasteiger partial charge in [0.1, 0.15) is 0 Å². The van der Waals surface area contributed by atoms with Crippen LogP contribution in [0.25, 0.3) is 0 Å². The van der Waals surface area contributed by atoms with Crippen molar-refractivity contribution in [3.8, 4) is 0 Å². The van der Waals surface area contributed by atoms with Crippen LogP contribution in [0.4, 0.5) is 8.78 Å². The number of amidine groups is 1. The quantitative estimate of drug-likeness (QED) is 0.332. The Balaban J connectivity index is 2.25. The van der Waals surface area contributed by atoms with Gasteiger partial charge >= 0.3 is 0 Å². The van der Waals surface area contributed by atoms with E-state index in [9.17, 15) is 8.78 Å². The molecule has 0 bridgehead atoms. The molecule has 5 N–H and O–H groups in total. The molecule has 5 nitrogen and oxygen atoms in total. The number of halogens is 2. The van der Waals surface area contributed by atoms with Crippen LogP contribution in [0, 0.1) is 5.92 Å². The zero-order valence-electron chi connectivity index (χ0n) is 11.8. The molecule has 0 aliphatic carbocycles. The molecular weight excluding hydrogens is 276 g/mol. The Morgan fingerprint density at radius 1 is 1.24 bits per heavy atom. The summed E-state index contributed by atoms with van der Waals surface area (Å²) in [5, 5.41) is 8.03. The van der Waals surface area contributed by atoms with Crippen molar-refractivity contribution in [1.29, 1.82) is 0 Å². The fourth-order valence-corrected chi connectivity index (χ4v) is 2.69. The van der Waals surface area contributed by atoms with Crippen molar-refractivity contribution in [2.24, 2.45) is 22.6 Å². The lowest BCUT2D eigenvalue weighted by Crippen LogP contribution is -2.41. The second kappa shape index (κ2) is 7.33. The van der Waals surface area contributed by atoms with Crippen LogP contribution in [0.5, 0.6) is 0 Å². The molecule has 0 saturated carbocycles. The lowest BCUT2D eigenvalue weighted by atomic mass is 9.86. The van der Waals surface area contributed by atoms with Crippen molar-refractivity contribution in [2.45, 2.75) is 25.3 Å². The SMILES string of the molecule is N/C(=N\N(N)C(c1ccccc1)C1CCNCC1)C(F)F. The highest BCUT2D eigenvalue weighted by Gasteiger charge is 2.29. The van der Waals surface area contributed by atoms with Crippen LogP contribution in [0.2, 0.25) is 0 Å². The van der Waals surface area contributed by atoms with Gasteiger partial charge in [-0.3, -0.25) is 0 Å². The third-order valence-electron chi connectivity index (χ3n) is 3.71. The van der Waals surface area contributed by atoms with Gasteiger partial charge in [-0.15, -0.1) is 5.10 Å². The summed E-state index contributed by atoms with van der Waals surface area (Å²) < 4.78 is 25.1. The first-order chi connectivity index (χ1) is 10.1. The largest absolute Gasteiger partial charge is 0.381 e. The lowest BCUT2D eigenvalue weighted by molar-refractivity contribution is 0.122. The van der Waals surface area contributed by atoms with Crippen molar-refractivity contribution < 1.29 is 8.78 Å². The molecule has 21 heavy (non-hydrogen) atoms. The molecule has 1 fully saturated rings. The van der Waals surface area contributed by atoms with Gasteiger partial charge in [0.05, 0.1) is 6.04 Å². The molecule has 1 atom stereocenters. The highest BCUT2D eigenvalue weighted by atomic mass is 19.3. The summed E-state index contributed by atoms with van der Waals surface area (Å²) in [5.74, 6) is 5.42. The minimum Gasteiger partial charge on any atom is -0.381 e. The summed E-state index contributed by atoms with van der Waals surface area (Å²) in [6.07, 6.45) is -0.977. The predicted molar refractivity (Wildman–Crippen MR) is 78.4 cm³/mol. The maximum Gasteiger partial charge on any atom is 0.296 e. The number of hydrazone groups is 1. The summed E-state index contributed by atoms with van der Waals surface area (Å²) in [4.78, 5) is 0. The van der Waals surface area contributed by atoms with Crippen LogP contribution in [0.3, 0.4) is 0 Å². The van der Waals surface area contributed by atoms with E-state index in [4.69, 9.17) is 11.6 Å². The Morgan fingerprint density at radius 3 is 2.43 bits per heavy atom. The molecule has 1 saturated heterocycles. The van der Waals surface area contributed by atoms with E-state index in [-0.39, 0.29) is 12.0 Å². The zero-order valence-corrected chi connectivity index (χ0v) is 11.8. The van der Waals surface area contributed by atoms with Crippen molar-refractivity contribution in [1.82, 2.24) is 10.4 Å². The molecule has 1 aliphatic rings. The van der Waals surface area contributed by atoms with Gasteiger partial charge < -0.3 is 11.1 Å². The molecule has 2 rings (SSSR count). The maximum absolute atomic E-state index is 12.5. The molecule has 1 aromatic carbocycles. The van der Waals surface area contributed by atoms with Gasteiger partial charge in [0.15, 0.2) is 5.84 Å². The smallest absolute Gasteiger partial charge is 0.296 e. The lowest BCUT2D eigenvalue weighted by Gasteiger charge is -2.35. The number of nitrogens with one attached hydrogen (secondary N) is 1. The fourth-order valence-electron chi connectivity index (χ4n) is 2.69. The van der Waals surface area contributed by atoms with Gasteiger partial charge in [-0.1, -0.05) is 30.3 Å². The number of nitrogens with two attached hydrogens (primary N) is 2. The normalized spacial score (nSPS) is 18.8. The van der Waals surface area contributed by atoms with E-state index in [0.29, 0.717) is 0 Å². The topological polar surface area (TPSA) is 79.7 Å². The van der Waals surface area contributed by atoms with Gasteiger partial charge in [-0.25, -0.2) is 19.7 Å². The third kappa shape index (κ3) is 4.12. The van der Waals surface area contributed by atoms with Gasteiger partial charge in [0, 0.05) is 0 Å². The standard InChI is InChI=1S/C14H21F2N5/c15-13(16)14(17)20-21(18)12(10-4-2-1-3-5-10)11-6-8-19-9-7-11/h1-5,11-13,19H,6-9,18H2,(H2,17,20). The number of hydrogen-bond donors (Lipinski definition) is 3. The van der Waals surface area contributed by atoms with Crippen LogP contribution in [-0.4, -0.2) is 30.5 Å². The Kier molecular flexibility index (Phi) is 5.46. The molecule has 1 heterocycles. The highest BCUT2D eigenvalue weighted by Crippen LogP contribution is 2.32. The second-order valence-electron chi connectivity index (χ2n) is 5.15. The number of piperidine rings is 1. The first kappa shape index (κ1) is 15.7. The zero-order chi connectivity index (χ0) is 15.2. The number of alkyl halides is 2. The second-order valence-corrected chi connectivity index (χ2v) is 5.15. The van der Waals surface area contributed by atoms with E-state index in [1.54, 1.807) is 0 Å². The van der Waals surface area contributed by atoms with Crippen LogP contribution in [-0.2, 0) is 0 Å². The highest BCUT2D eigenvalue weighted by molar-refractivity contribution is 5.83. The van der Waals surface area contributed by atoms with Crippen LogP contribution >= 0.6 is 0 Å². The number of benzene rings is 1. The number of nitrogens with zero attached hydrogens (tertiary/aromatic N) is 2. The van der Waals surface area contributed by atoms with Gasteiger partial charge in [-0.05, 0) is 37.4 Å². The van der Waals surface area contributed by atoms with E-state index in [1.165, 1.54) is 0 Å². The van der Waals surface area contributed by atoms with Crippen molar-refractivity contribution in [2.75, 3.05) is 13.1 Å². The average Bonchev–Trinajstić information content (AvgIpc) is 2.49. The molecule has 1 unspecified atom stereocenters. The Morgan fingerprint density at radius 2 is 1.86 bits per heavy atom. The van der Waals surface area contributed by atoms with Gasteiger partial charge in [0.2, 0.25) is 0 Å². The molecule has 0 aromatic heterocycles. The Hall–Kier alpha value is -1.73. The molecule has 0 spiro atoms. The average molecular weight is 297 g/mol. The summed E-state index contributed by atoms with van der Waals surface area (Å²) in [5.41, 5.74) is 6.19.